The van der Waals surface area contributed by atoms with E-state index in [4.69, 9.17) is 14.2 Å². The molecule has 0 fully saturated rings. The smallest absolute Gasteiger partial charge is 0.274 e. The maximum atomic E-state index is 12.7. The van der Waals surface area contributed by atoms with Crippen LogP contribution in [0, 0.1) is 0 Å². The molecule has 0 N–H and O–H groups in total. The summed E-state index contributed by atoms with van der Waals surface area (Å²) in [5.74, 6) is 1.00. The summed E-state index contributed by atoms with van der Waals surface area (Å²) in [6, 6.07) is 8.16. The van der Waals surface area contributed by atoms with Gasteiger partial charge in [-0.2, -0.15) is 5.10 Å². The van der Waals surface area contributed by atoms with Crippen molar-refractivity contribution in [2.24, 2.45) is 0 Å². The third-order valence-corrected chi connectivity index (χ3v) is 3.84. The monoisotopic (exact) mass is 361 g/mol. The molecule has 8 heteroatoms. The van der Waals surface area contributed by atoms with E-state index in [1.165, 1.54) is 28.8 Å². The highest BCUT2D eigenvalue weighted by atomic mass is 16.5. The first-order valence-electron chi connectivity index (χ1n) is 8.03. The van der Waals surface area contributed by atoms with Crippen LogP contribution in [0.2, 0.25) is 0 Å². The van der Waals surface area contributed by atoms with Gasteiger partial charge in [0.05, 0.1) is 27.4 Å². The molecule has 2 aromatic rings. The summed E-state index contributed by atoms with van der Waals surface area (Å²) < 4.78 is 16.7. The lowest BCUT2D eigenvalue weighted by Gasteiger charge is -2.19. The zero-order chi connectivity index (χ0) is 19.1. The Balaban J connectivity index is 2.18. The predicted molar refractivity (Wildman–Crippen MR) is 95.7 cm³/mol. The standard InChI is InChI=1S/C18H23N3O5/c1-20(12-13-5-6-14(25-3)11-16(13)26-4)18(23)15-7-8-17(22)21(19-15)9-10-24-2/h5-8,11H,9-10,12H2,1-4H3. The topological polar surface area (TPSA) is 82.9 Å². The van der Waals surface area contributed by atoms with Crippen molar-refractivity contribution in [1.29, 1.82) is 0 Å². The average Bonchev–Trinajstić information content (AvgIpc) is 2.67. The summed E-state index contributed by atoms with van der Waals surface area (Å²) >= 11 is 0. The van der Waals surface area contributed by atoms with Crippen molar-refractivity contribution < 1.29 is 19.0 Å². The molecule has 2 rings (SSSR count). The molecule has 140 valence electrons. The SMILES string of the molecule is COCCn1nc(C(=O)N(C)Cc2ccc(OC)cc2OC)ccc1=O. The molecule has 0 bridgehead atoms. The van der Waals surface area contributed by atoms with Crippen LogP contribution >= 0.6 is 0 Å². The first-order chi connectivity index (χ1) is 12.5. The number of rotatable bonds is 8. The Kier molecular flexibility index (Phi) is 6.74. The van der Waals surface area contributed by atoms with Crippen LogP contribution in [-0.4, -0.2) is 55.6 Å². The largest absolute Gasteiger partial charge is 0.497 e. The number of hydrogen-bond donors (Lipinski definition) is 0. The maximum Gasteiger partial charge on any atom is 0.274 e. The number of amides is 1. The molecule has 0 aliphatic carbocycles. The normalized spacial score (nSPS) is 10.5. The number of benzene rings is 1. The van der Waals surface area contributed by atoms with Crippen molar-refractivity contribution in [3.05, 3.63) is 51.9 Å². The third kappa shape index (κ3) is 4.60. The second-order valence-electron chi connectivity index (χ2n) is 5.61. The van der Waals surface area contributed by atoms with E-state index in [1.807, 2.05) is 6.07 Å². The Hall–Kier alpha value is -2.87. The minimum Gasteiger partial charge on any atom is -0.497 e. The molecule has 0 radical (unpaired) electrons. The van der Waals surface area contributed by atoms with E-state index in [9.17, 15) is 9.59 Å². The van der Waals surface area contributed by atoms with Gasteiger partial charge in [0.25, 0.3) is 11.5 Å². The van der Waals surface area contributed by atoms with Gasteiger partial charge in [-0.15, -0.1) is 0 Å². The van der Waals surface area contributed by atoms with Crippen molar-refractivity contribution in [2.75, 3.05) is 35.0 Å². The molecule has 0 atom stereocenters. The number of carbonyl (C=O) groups excluding carboxylic acids is 1. The van der Waals surface area contributed by atoms with Gasteiger partial charge in [-0.3, -0.25) is 9.59 Å². The first-order valence-corrected chi connectivity index (χ1v) is 8.03. The highest BCUT2D eigenvalue weighted by molar-refractivity contribution is 5.91. The van der Waals surface area contributed by atoms with Crippen molar-refractivity contribution in [3.8, 4) is 11.5 Å². The summed E-state index contributed by atoms with van der Waals surface area (Å²) in [6.07, 6.45) is 0. The lowest BCUT2D eigenvalue weighted by molar-refractivity contribution is 0.0774. The summed E-state index contributed by atoms with van der Waals surface area (Å²) in [5.41, 5.74) is 0.741. The van der Waals surface area contributed by atoms with E-state index in [0.29, 0.717) is 24.7 Å². The molecule has 0 aliphatic heterocycles. The molecule has 1 aromatic heterocycles. The average molecular weight is 361 g/mol. The molecule has 0 spiro atoms. The van der Waals surface area contributed by atoms with Crippen LogP contribution in [0.5, 0.6) is 11.5 Å². The lowest BCUT2D eigenvalue weighted by atomic mass is 10.1. The van der Waals surface area contributed by atoms with Gasteiger partial charge < -0.3 is 19.1 Å². The van der Waals surface area contributed by atoms with E-state index in [-0.39, 0.29) is 23.7 Å². The fourth-order valence-electron chi connectivity index (χ4n) is 2.41. The van der Waals surface area contributed by atoms with Crippen LogP contribution in [0.3, 0.4) is 0 Å². The van der Waals surface area contributed by atoms with Crippen LogP contribution in [0.4, 0.5) is 0 Å². The van der Waals surface area contributed by atoms with Crippen LogP contribution < -0.4 is 15.0 Å². The van der Waals surface area contributed by atoms with E-state index >= 15 is 0 Å². The van der Waals surface area contributed by atoms with Crippen LogP contribution in [0.1, 0.15) is 16.1 Å². The van der Waals surface area contributed by atoms with Gasteiger partial charge in [0, 0.05) is 38.4 Å². The number of nitrogens with zero attached hydrogens (tertiary/aromatic N) is 3. The molecular weight excluding hydrogens is 338 g/mol. The first kappa shape index (κ1) is 19.5. The molecule has 0 saturated carbocycles. The molecular formula is C18H23N3O5. The summed E-state index contributed by atoms with van der Waals surface area (Å²) in [4.78, 5) is 26.0. The number of aromatic nitrogens is 2. The van der Waals surface area contributed by atoms with E-state index in [2.05, 4.69) is 5.10 Å². The minimum absolute atomic E-state index is 0.190. The van der Waals surface area contributed by atoms with Gasteiger partial charge in [-0.1, -0.05) is 0 Å². The zero-order valence-corrected chi connectivity index (χ0v) is 15.4. The highest BCUT2D eigenvalue weighted by Gasteiger charge is 2.17. The van der Waals surface area contributed by atoms with Crippen molar-refractivity contribution in [3.63, 3.8) is 0 Å². The predicted octanol–water partition coefficient (Wildman–Crippen LogP) is 1.18. The summed E-state index contributed by atoms with van der Waals surface area (Å²) in [5, 5.41) is 4.12. The Bertz CT molecular complexity index is 819. The Morgan fingerprint density at radius 3 is 2.58 bits per heavy atom. The lowest BCUT2D eigenvalue weighted by Crippen LogP contribution is -2.31. The van der Waals surface area contributed by atoms with Crippen LogP contribution in [0.15, 0.2) is 35.1 Å². The molecule has 1 amide bonds. The molecule has 0 aliphatic rings. The van der Waals surface area contributed by atoms with E-state index in [1.54, 1.807) is 33.4 Å². The number of hydrogen-bond acceptors (Lipinski definition) is 6. The fraction of sp³-hybridized carbons (Fsp3) is 0.389. The molecule has 8 nitrogen and oxygen atoms in total. The van der Waals surface area contributed by atoms with Gasteiger partial charge in [-0.25, -0.2) is 4.68 Å². The summed E-state index contributed by atoms with van der Waals surface area (Å²) in [7, 11) is 6.34. The number of carbonyl (C=O) groups is 1. The Morgan fingerprint density at radius 2 is 1.92 bits per heavy atom. The number of ether oxygens (including phenoxy) is 3. The fourth-order valence-corrected chi connectivity index (χ4v) is 2.41. The second kappa shape index (κ2) is 9.00. The number of methoxy groups -OCH3 is 3. The van der Waals surface area contributed by atoms with Crippen molar-refractivity contribution in [1.82, 2.24) is 14.7 Å². The quantitative estimate of drug-likeness (QED) is 0.702. The van der Waals surface area contributed by atoms with Crippen LogP contribution in [-0.2, 0) is 17.8 Å². The third-order valence-electron chi connectivity index (χ3n) is 3.84. The van der Waals surface area contributed by atoms with E-state index in [0.717, 1.165) is 5.56 Å². The van der Waals surface area contributed by atoms with Gasteiger partial charge in [0.2, 0.25) is 0 Å². The van der Waals surface area contributed by atoms with E-state index < -0.39 is 0 Å². The van der Waals surface area contributed by atoms with Gasteiger partial charge in [-0.05, 0) is 18.2 Å². The van der Waals surface area contributed by atoms with Gasteiger partial charge in [0.1, 0.15) is 17.2 Å². The zero-order valence-electron chi connectivity index (χ0n) is 15.4. The molecule has 1 aromatic carbocycles. The van der Waals surface area contributed by atoms with Gasteiger partial charge in [0.15, 0.2) is 0 Å². The minimum atomic E-state index is -0.297. The second-order valence-corrected chi connectivity index (χ2v) is 5.61. The van der Waals surface area contributed by atoms with Gasteiger partial charge >= 0.3 is 0 Å². The molecule has 0 saturated heterocycles. The van der Waals surface area contributed by atoms with Crippen molar-refractivity contribution >= 4 is 5.91 Å². The molecule has 1 heterocycles. The van der Waals surface area contributed by atoms with Crippen molar-refractivity contribution in [2.45, 2.75) is 13.1 Å². The Morgan fingerprint density at radius 1 is 1.15 bits per heavy atom. The highest BCUT2D eigenvalue weighted by Crippen LogP contribution is 2.25. The molecule has 26 heavy (non-hydrogen) atoms. The summed E-state index contributed by atoms with van der Waals surface area (Å²) in [6.45, 7) is 0.945. The molecule has 0 unspecified atom stereocenters. The maximum absolute atomic E-state index is 12.7. The Labute approximate surface area is 151 Å². The van der Waals surface area contributed by atoms with Crippen LogP contribution in [0.25, 0.3) is 0 Å².